The minimum atomic E-state index is -4.73. The summed E-state index contributed by atoms with van der Waals surface area (Å²) in [5, 5.41) is 7.41. The van der Waals surface area contributed by atoms with Gasteiger partial charge in [-0.3, -0.25) is 13.9 Å². The van der Waals surface area contributed by atoms with Crippen molar-refractivity contribution in [2.24, 2.45) is 0 Å². The average Bonchev–Trinajstić information content (AvgIpc) is 2.71. The first kappa shape index (κ1) is 31.7. The zero-order chi connectivity index (χ0) is 26.4. The fraction of sp³-hybridized carbons (Fsp3) is 0.238. The number of benzene rings is 2. The van der Waals surface area contributed by atoms with Crippen molar-refractivity contribution in [2.45, 2.75) is 29.7 Å². The van der Waals surface area contributed by atoms with Gasteiger partial charge in [-0.1, -0.05) is 24.3 Å². The van der Waals surface area contributed by atoms with E-state index in [2.05, 4.69) is 20.7 Å². The van der Waals surface area contributed by atoms with Crippen LogP contribution >= 0.6 is 0 Å². The number of urea groups is 1. The molecule has 12 nitrogen and oxygen atoms in total. The minimum absolute atomic E-state index is 0. The number of carbonyl (C=O) groups is 2. The molecule has 190 valence electrons. The third-order valence-corrected chi connectivity index (χ3v) is 6.08. The summed E-state index contributed by atoms with van der Waals surface area (Å²) < 4.78 is 71.5. The maximum atomic E-state index is 11.9. The van der Waals surface area contributed by atoms with E-state index in [1.54, 1.807) is 13.8 Å². The number of carbonyl (C=O) groups excluding carboxylic acids is 2. The van der Waals surface area contributed by atoms with E-state index in [1.165, 1.54) is 43.5 Å². The van der Waals surface area contributed by atoms with Gasteiger partial charge in [-0.25, -0.2) is 4.79 Å². The van der Waals surface area contributed by atoms with Crippen molar-refractivity contribution in [3.05, 3.63) is 47.5 Å². The van der Waals surface area contributed by atoms with Gasteiger partial charge in [0.2, 0.25) is 5.91 Å². The van der Waals surface area contributed by atoms with Crippen LogP contribution in [0.2, 0.25) is 0 Å². The average molecular weight is 551 g/mol. The molecule has 2 aromatic carbocycles. The van der Waals surface area contributed by atoms with Gasteiger partial charge in [0.15, 0.2) is 0 Å². The van der Waals surface area contributed by atoms with Crippen molar-refractivity contribution >= 4 is 55.7 Å². The van der Waals surface area contributed by atoms with Crippen molar-refractivity contribution in [3.8, 4) is 0 Å². The van der Waals surface area contributed by atoms with Crippen molar-refractivity contribution in [1.29, 1.82) is 0 Å². The summed E-state index contributed by atoms with van der Waals surface area (Å²) in [4.78, 5) is 22.5. The summed E-state index contributed by atoms with van der Waals surface area (Å²) in [5.74, 6) is -0.550. The van der Waals surface area contributed by atoms with Crippen LogP contribution in [0.15, 0.2) is 46.2 Å². The monoisotopic (exact) mass is 550 g/mol. The van der Waals surface area contributed by atoms with Gasteiger partial charge < -0.3 is 20.7 Å². The fourth-order valence-electron chi connectivity index (χ4n) is 2.88. The summed E-state index contributed by atoms with van der Waals surface area (Å²) in [7, 11) is -8.16. The Morgan fingerprint density at radius 3 is 1.72 bits per heavy atom. The summed E-state index contributed by atoms with van der Waals surface area (Å²) in [5.41, 5.74) is 0.103. The smallest absolute Gasteiger partial charge is 0.375 e. The SMILES string of the molecule is COCC(=O)Nc1ccc(/C=C/c2ccc(NC(=O)NC(C)C)cc2S(=O)(=O)O)c(S(=O)(=O)O)c1.[Na+]. The van der Waals surface area contributed by atoms with E-state index in [1.807, 2.05) is 0 Å². The Balaban J connectivity index is 0.00000648. The van der Waals surface area contributed by atoms with Gasteiger partial charge in [-0.05, 0) is 49.2 Å². The molecule has 2 rings (SSSR count). The molecule has 2 aromatic rings. The van der Waals surface area contributed by atoms with Crippen molar-refractivity contribution in [1.82, 2.24) is 5.32 Å². The molecule has 0 aliphatic heterocycles. The molecule has 0 heterocycles. The van der Waals surface area contributed by atoms with Gasteiger partial charge in [-0.2, -0.15) is 16.8 Å². The van der Waals surface area contributed by atoms with Crippen LogP contribution in [-0.4, -0.2) is 57.6 Å². The first-order valence-electron chi connectivity index (χ1n) is 9.98. The van der Waals surface area contributed by atoms with Crippen LogP contribution in [0.25, 0.3) is 12.2 Å². The fourth-order valence-corrected chi connectivity index (χ4v) is 4.30. The Labute approximate surface area is 231 Å². The van der Waals surface area contributed by atoms with Crippen molar-refractivity contribution in [2.75, 3.05) is 24.4 Å². The molecule has 0 aromatic heterocycles. The van der Waals surface area contributed by atoms with Crippen LogP contribution < -0.4 is 45.5 Å². The topological polar surface area (TPSA) is 188 Å². The van der Waals surface area contributed by atoms with Gasteiger partial charge >= 0.3 is 35.6 Å². The third-order valence-electron chi connectivity index (χ3n) is 4.26. The quantitative estimate of drug-likeness (QED) is 0.155. The molecular weight excluding hydrogens is 525 g/mol. The largest absolute Gasteiger partial charge is 1.00 e. The molecule has 0 fully saturated rings. The van der Waals surface area contributed by atoms with Crippen LogP contribution in [0.5, 0.6) is 0 Å². The first-order valence-corrected chi connectivity index (χ1v) is 12.9. The molecule has 0 aliphatic carbocycles. The van der Waals surface area contributed by atoms with Gasteiger partial charge in [0, 0.05) is 24.5 Å². The molecule has 15 heteroatoms. The number of ether oxygens (including phenoxy) is 1. The summed E-state index contributed by atoms with van der Waals surface area (Å²) in [6.07, 6.45) is 2.40. The minimum Gasteiger partial charge on any atom is -0.375 e. The third kappa shape index (κ3) is 9.63. The normalized spacial score (nSPS) is 11.7. The van der Waals surface area contributed by atoms with E-state index < -0.39 is 42.0 Å². The maximum Gasteiger partial charge on any atom is 1.00 e. The number of nitrogens with one attached hydrogen (secondary N) is 3. The van der Waals surface area contributed by atoms with E-state index in [-0.39, 0.29) is 64.7 Å². The Kier molecular flexibility index (Phi) is 11.7. The summed E-state index contributed by atoms with van der Waals surface area (Å²) >= 11 is 0. The molecule has 0 atom stereocenters. The zero-order valence-electron chi connectivity index (χ0n) is 20.0. The number of methoxy groups -OCH3 is 1. The van der Waals surface area contributed by atoms with Gasteiger partial charge in [0.25, 0.3) is 20.2 Å². The molecule has 0 saturated carbocycles. The second-order valence-electron chi connectivity index (χ2n) is 7.52. The molecule has 0 radical (unpaired) electrons. The Morgan fingerprint density at radius 2 is 1.33 bits per heavy atom. The molecule has 0 aliphatic rings. The molecule has 0 spiro atoms. The Morgan fingerprint density at radius 1 is 0.889 bits per heavy atom. The van der Waals surface area contributed by atoms with E-state index in [4.69, 9.17) is 0 Å². The number of amides is 3. The van der Waals surface area contributed by atoms with E-state index in [0.717, 1.165) is 12.1 Å². The molecule has 0 saturated heterocycles. The van der Waals surface area contributed by atoms with Crippen LogP contribution in [-0.2, 0) is 29.8 Å². The first-order chi connectivity index (χ1) is 16.2. The number of hydrogen-bond donors (Lipinski definition) is 5. The molecular formula is C21H25N3NaO9S2+. The van der Waals surface area contributed by atoms with Gasteiger partial charge in [-0.15, -0.1) is 0 Å². The van der Waals surface area contributed by atoms with E-state index in [9.17, 15) is 35.5 Å². The van der Waals surface area contributed by atoms with Crippen molar-refractivity contribution < 1.29 is 69.8 Å². The van der Waals surface area contributed by atoms with Crippen LogP contribution in [0.3, 0.4) is 0 Å². The second kappa shape index (κ2) is 13.3. The van der Waals surface area contributed by atoms with Gasteiger partial charge in [0.05, 0.1) is 0 Å². The maximum absolute atomic E-state index is 11.9. The van der Waals surface area contributed by atoms with Crippen LogP contribution in [0, 0.1) is 0 Å². The number of hydrogen-bond acceptors (Lipinski definition) is 7. The molecule has 0 unspecified atom stereocenters. The number of anilines is 2. The van der Waals surface area contributed by atoms with Gasteiger partial charge in [0.1, 0.15) is 16.4 Å². The standard InChI is InChI=1S/C21H25N3O9S2.Na/c1-13(2)22-21(26)24-17-9-7-15(19(11-17)35(30,31)32)5-4-14-6-8-16(23-20(25)12-33-3)10-18(14)34(27,28)29;/h4-11,13H,12H2,1-3H3,(H,23,25)(H2,22,24,26)(H,27,28,29)(H,30,31,32);/q;+1/b5-4+;. The molecule has 3 amide bonds. The van der Waals surface area contributed by atoms with Crippen LogP contribution in [0.1, 0.15) is 25.0 Å². The Hall–Kier alpha value is -2.30. The summed E-state index contributed by atoms with van der Waals surface area (Å²) in [6.45, 7) is 3.20. The van der Waals surface area contributed by atoms with Crippen LogP contribution in [0.4, 0.5) is 16.2 Å². The van der Waals surface area contributed by atoms with E-state index in [0.29, 0.717) is 0 Å². The molecule has 5 N–H and O–H groups in total. The van der Waals surface area contributed by atoms with Crippen molar-refractivity contribution in [3.63, 3.8) is 0 Å². The predicted molar refractivity (Wildman–Crippen MR) is 129 cm³/mol. The van der Waals surface area contributed by atoms with E-state index >= 15 is 0 Å². The Bertz CT molecular complexity index is 1360. The molecule has 36 heavy (non-hydrogen) atoms. The number of rotatable bonds is 9. The summed E-state index contributed by atoms with van der Waals surface area (Å²) in [6, 6.07) is 6.62. The second-order valence-corrected chi connectivity index (χ2v) is 10.3. The molecule has 0 bridgehead atoms. The zero-order valence-corrected chi connectivity index (χ0v) is 23.6. The predicted octanol–water partition coefficient (Wildman–Crippen LogP) is -0.531.